The van der Waals surface area contributed by atoms with Crippen molar-refractivity contribution in [2.45, 2.75) is 19.3 Å². The highest BCUT2D eigenvalue weighted by Gasteiger charge is 2.31. The van der Waals surface area contributed by atoms with Crippen molar-refractivity contribution in [1.82, 2.24) is 15.5 Å². The molecule has 1 unspecified atom stereocenters. The summed E-state index contributed by atoms with van der Waals surface area (Å²) in [6.45, 7) is 7.59. The summed E-state index contributed by atoms with van der Waals surface area (Å²) in [7, 11) is 1.81. The van der Waals surface area contributed by atoms with E-state index in [0.717, 1.165) is 44.6 Å². The van der Waals surface area contributed by atoms with Gasteiger partial charge in [0, 0.05) is 38.3 Å². The van der Waals surface area contributed by atoms with Crippen LogP contribution in [0.25, 0.3) is 0 Å². The number of nitrogens with zero attached hydrogens (tertiary/aromatic N) is 1. The van der Waals surface area contributed by atoms with E-state index in [1.54, 1.807) is 12.2 Å². The SMILES string of the molecule is C=C(CNC)\C(O)=C/C=C\C=C1\CNCC1C(=O)N1CCCCC1. The van der Waals surface area contributed by atoms with Crippen LogP contribution in [0.4, 0.5) is 0 Å². The molecule has 3 N–H and O–H groups in total. The van der Waals surface area contributed by atoms with Crippen LogP contribution in [0.1, 0.15) is 19.3 Å². The molecule has 2 saturated heterocycles. The van der Waals surface area contributed by atoms with Crippen molar-refractivity contribution in [2.24, 2.45) is 5.92 Å². The average Bonchev–Trinajstić information content (AvgIpc) is 3.07. The molecule has 0 aromatic heterocycles. The maximum atomic E-state index is 12.7. The second-order valence-electron chi connectivity index (χ2n) is 6.38. The van der Waals surface area contributed by atoms with Gasteiger partial charge in [0.25, 0.3) is 0 Å². The number of nitrogens with one attached hydrogen (secondary N) is 2. The van der Waals surface area contributed by atoms with E-state index in [2.05, 4.69) is 17.2 Å². The van der Waals surface area contributed by atoms with E-state index in [1.807, 2.05) is 24.1 Å². The lowest BCUT2D eigenvalue weighted by Gasteiger charge is -2.29. The molecule has 5 heteroatoms. The van der Waals surface area contributed by atoms with E-state index in [0.29, 0.717) is 12.1 Å². The first kappa shape index (κ1) is 18.5. The number of amides is 1. The molecule has 1 amide bonds. The fourth-order valence-electron chi connectivity index (χ4n) is 3.12. The second kappa shape index (κ2) is 9.45. The van der Waals surface area contributed by atoms with Gasteiger partial charge in [0.15, 0.2) is 0 Å². The summed E-state index contributed by atoms with van der Waals surface area (Å²) in [5.74, 6) is 0.370. The van der Waals surface area contributed by atoms with E-state index >= 15 is 0 Å². The highest BCUT2D eigenvalue weighted by Crippen LogP contribution is 2.21. The van der Waals surface area contributed by atoms with E-state index < -0.39 is 0 Å². The molecule has 0 aromatic rings. The number of likely N-dealkylation sites (tertiary alicyclic amines) is 1. The molecule has 0 saturated carbocycles. The van der Waals surface area contributed by atoms with Crippen LogP contribution < -0.4 is 10.6 Å². The van der Waals surface area contributed by atoms with Crippen LogP contribution in [0.2, 0.25) is 0 Å². The van der Waals surface area contributed by atoms with E-state index in [9.17, 15) is 9.90 Å². The third-order valence-corrected chi connectivity index (χ3v) is 4.52. The number of carbonyl (C=O) groups is 1. The van der Waals surface area contributed by atoms with E-state index in [1.165, 1.54) is 6.42 Å². The fraction of sp³-hybridized carbons (Fsp3) is 0.526. The average molecular weight is 331 g/mol. The Morgan fingerprint density at radius 2 is 2.12 bits per heavy atom. The Labute approximate surface area is 144 Å². The van der Waals surface area contributed by atoms with Gasteiger partial charge in [0.1, 0.15) is 5.76 Å². The summed E-state index contributed by atoms with van der Waals surface area (Å²) in [5, 5.41) is 16.1. The molecule has 2 fully saturated rings. The summed E-state index contributed by atoms with van der Waals surface area (Å²) in [5.41, 5.74) is 1.76. The number of allylic oxidation sites excluding steroid dienone is 4. The molecular formula is C19H29N3O2. The first-order chi connectivity index (χ1) is 11.6. The van der Waals surface area contributed by atoms with Crippen LogP contribution in [0.15, 0.2) is 47.8 Å². The van der Waals surface area contributed by atoms with Gasteiger partial charge in [-0.3, -0.25) is 4.79 Å². The Hall–Kier alpha value is -1.85. The van der Waals surface area contributed by atoms with Gasteiger partial charge in [-0.05, 0) is 38.0 Å². The van der Waals surface area contributed by atoms with Crippen molar-refractivity contribution in [3.8, 4) is 0 Å². The van der Waals surface area contributed by atoms with Crippen LogP contribution in [-0.2, 0) is 4.79 Å². The maximum absolute atomic E-state index is 12.7. The van der Waals surface area contributed by atoms with Gasteiger partial charge in [-0.1, -0.05) is 24.8 Å². The second-order valence-corrected chi connectivity index (χ2v) is 6.38. The third-order valence-electron chi connectivity index (χ3n) is 4.52. The molecule has 0 aliphatic carbocycles. The molecule has 2 aliphatic rings. The fourth-order valence-corrected chi connectivity index (χ4v) is 3.12. The lowest BCUT2D eigenvalue weighted by Crippen LogP contribution is -2.40. The molecule has 0 radical (unpaired) electrons. The van der Waals surface area contributed by atoms with Gasteiger partial charge < -0.3 is 20.6 Å². The van der Waals surface area contributed by atoms with Crippen LogP contribution in [0, 0.1) is 5.92 Å². The molecule has 132 valence electrons. The van der Waals surface area contributed by atoms with Crippen molar-refractivity contribution < 1.29 is 9.90 Å². The van der Waals surface area contributed by atoms with Gasteiger partial charge in [0.05, 0.1) is 5.92 Å². The van der Waals surface area contributed by atoms with Crippen LogP contribution >= 0.6 is 0 Å². The number of rotatable bonds is 6. The third kappa shape index (κ3) is 5.08. The topological polar surface area (TPSA) is 64.6 Å². The Bertz CT molecular complexity index is 543. The Morgan fingerprint density at radius 3 is 2.83 bits per heavy atom. The molecule has 0 spiro atoms. The number of aliphatic hydroxyl groups excluding tert-OH is 1. The molecule has 2 heterocycles. The molecule has 24 heavy (non-hydrogen) atoms. The molecule has 0 bridgehead atoms. The Kier molecular flexibility index (Phi) is 7.28. The van der Waals surface area contributed by atoms with Gasteiger partial charge >= 0.3 is 0 Å². The number of likely N-dealkylation sites (N-methyl/N-ethyl adjacent to an activating group) is 1. The molecular weight excluding hydrogens is 302 g/mol. The summed E-state index contributed by atoms with van der Waals surface area (Å²) in [6, 6.07) is 0. The molecule has 0 aromatic carbocycles. The summed E-state index contributed by atoms with van der Waals surface area (Å²) < 4.78 is 0. The van der Waals surface area contributed by atoms with Crippen LogP contribution in [0.3, 0.4) is 0 Å². The van der Waals surface area contributed by atoms with E-state index in [-0.39, 0.29) is 17.6 Å². The number of aliphatic hydroxyl groups is 1. The highest BCUT2D eigenvalue weighted by molar-refractivity contribution is 5.82. The monoisotopic (exact) mass is 331 g/mol. The first-order valence-corrected chi connectivity index (χ1v) is 8.72. The summed E-state index contributed by atoms with van der Waals surface area (Å²) >= 11 is 0. The minimum Gasteiger partial charge on any atom is -0.508 e. The zero-order valence-electron chi connectivity index (χ0n) is 14.6. The molecule has 2 aliphatic heterocycles. The van der Waals surface area contributed by atoms with Gasteiger partial charge in [0.2, 0.25) is 5.91 Å². The van der Waals surface area contributed by atoms with Crippen molar-refractivity contribution in [2.75, 3.05) is 39.8 Å². The molecule has 2 rings (SSSR count). The zero-order valence-corrected chi connectivity index (χ0v) is 14.6. The Balaban J connectivity index is 1.95. The van der Waals surface area contributed by atoms with Gasteiger partial charge in [-0.15, -0.1) is 0 Å². The van der Waals surface area contributed by atoms with Gasteiger partial charge in [-0.25, -0.2) is 0 Å². The predicted molar refractivity (Wildman–Crippen MR) is 97.8 cm³/mol. The number of piperidine rings is 1. The van der Waals surface area contributed by atoms with Crippen LogP contribution in [0.5, 0.6) is 0 Å². The molecule has 1 atom stereocenters. The van der Waals surface area contributed by atoms with Crippen molar-refractivity contribution in [1.29, 1.82) is 0 Å². The van der Waals surface area contributed by atoms with Crippen molar-refractivity contribution in [3.63, 3.8) is 0 Å². The molecule has 5 nitrogen and oxygen atoms in total. The number of carbonyl (C=O) groups excluding carboxylic acids is 1. The zero-order chi connectivity index (χ0) is 17.4. The van der Waals surface area contributed by atoms with E-state index in [4.69, 9.17) is 0 Å². The largest absolute Gasteiger partial charge is 0.508 e. The maximum Gasteiger partial charge on any atom is 0.231 e. The van der Waals surface area contributed by atoms with Crippen molar-refractivity contribution in [3.05, 3.63) is 47.8 Å². The lowest BCUT2D eigenvalue weighted by molar-refractivity contribution is -0.134. The first-order valence-electron chi connectivity index (χ1n) is 8.72. The lowest BCUT2D eigenvalue weighted by atomic mass is 9.99. The minimum atomic E-state index is -0.0513. The predicted octanol–water partition coefficient (Wildman–Crippen LogP) is 1.92. The standard InChI is InChI=1S/C19H29N3O2/c1-15(12-20-2)18(23)9-5-4-8-16-13-21-14-17(16)19(24)22-10-6-3-7-11-22/h4-5,8-9,17,20-21,23H,1,3,6-7,10-14H2,2H3/b5-4-,16-8-,18-9+. The van der Waals surface area contributed by atoms with Crippen molar-refractivity contribution >= 4 is 5.91 Å². The summed E-state index contributed by atoms with van der Waals surface area (Å²) in [4.78, 5) is 14.7. The Morgan fingerprint density at radius 1 is 1.38 bits per heavy atom. The van der Waals surface area contributed by atoms with Gasteiger partial charge in [-0.2, -0.15) is 0 Å². The normalized spacial score (nSPS) is 24.0. The minimum absolute atomic E-state index is 0.0513. The summed E-state index contributed by atoms with van der Waals surface area (Å²) in [6.07, 6.45) is 10.7. The highest BCUT2D eigenvalue weighted by atomic mass is 16.3. The smallest absolute Gasteiger partial charge is 0.231 e. The number of hydrogen-bond acceptors (Lipinski definition) is 4. The number of hydrogen-bond donors (Lipinski definition) is 3. The van der Waals surface area contributed by atoms with Crippen LogP contribution in [-0.4, -0.2) is 55.7 Å². The quantitative estimate of drug-likeness (QED) is 0.514.